The third kappa shape index (κ3) is 6.63. The number of fused-ring (bicyclic) bond motifs is 1. The van der Waals surface area contributed by atoms with Crippen molar-refractivity contribution < 1.29 is 23.9 Å². The van der Waals surface area contributed by atoms with Gasteiger partial charge >= 0.3 is 6.09 Å². The molecule has 0 aliphatic carbocycles. The molecule has 11 nitrogen and oxygen atoms in total. The zero-order chi connectivity index (χ0) is 31.1. The normalized spacial score (nSPS) is 29.6. The summed E-state index contributed by atoms with van der Waals surface area (Å²) in [6.07, 6.45) is 2.78. The molecule has 3 amide bonds. The summed E-state index contributed by atoms with van der Waals surface area (Å²) in [5.74, 6) is -0.218. The van der Waals surface area contributed by atoms with Crippen molar-refractivity contribution >= 4 is 23.6 Å². The highest BCUT2D eigenvalue weighted by atomic mass is 16.6. The van der Waals surface area contributed by atoms with Crippen molar-refractivity contribution in [1.29, 1.82) is 0 Å². The molecule has 3 unspecified atom stereocenters. The molecule has 1 aromatic carbocycles. The van der Waals surface area contributed by atoms with Crippen LogP contribution < -0.4 is 16.1 Å². The summed E-state index contributed by atoms with van der Waals surface area (Å²) in [7, 11) is 0. The lowest BCUT2D eigenvalue weighted by molar-refractivity contribution is -0.128. The number of hydrazine groups is 1. The number of likely N-dealkylation sites (tertiary alicyclic amines) is 1. The molecule has 0 aromatic heterocycles. The highest BCUT2D eigenvalue weighted by Crippen LogP contribution is 2.40. The number of rotatable bonds is 5. The number of ether oxygens (including phenoxy) is 2. The largest absolute Gasteiger partial charge is 0.444 e. The summed E-state index contributed by atoms with van der Waals surface area (Å²) in [6.45, 7) is 16.8. The molecule has 3 N–H and O–H groups in total. The van der Waals surface area contributed by atoms with Gasteiger partial charge in [0.25, 0.3) is 5.91 Å². The van der Waals surface area contributed by atoms with Gasteiger partial charge in [0, 0.05) is 55.6 Å². The molecule has 4 aliphatic rings. The van der Waals surface area contributed by atoms with E-state index in [9.17, 15) is 14.4 Å². The molecule has 5 rings (SSSR count). The van der Waals surface area contributed by atoms with Gasteiger partial charge in [0.1, 0.15) is 11.8 Å². The highest BCUT2D eigenvalue weighted by molar-refractivity contribution is 5.96. The summed E-state index contributed by atoms with van der Waals surface area (Å²) in [6, 6.07) is 5.85. The van der Waals surface area contributed by atoms with Crippen LogP contribution in [-0.4, -0.2) is 101 Å². The van der Waals surface area contributed by atoms with Crippen molar-refractivity contribution in [2.24, 2.45) is 5.92 Å². The van der Waals surface area contributed by atoms with Gasteiger partial charge in [0.2, 0.25) is 5.91 Å². The van der Waals surface area contributed by atoms with E-state index in [4.69, 9.17) is 9.47 Å². The van der Waals surface area contributed by atoms with E-state index >= 15 is 0 Å². The standard InChI is InChI=1S/C32H50N6O5/c1-8-32(12-15-36(16-13-32)30(41)43-31(5,6)7)38-25-11-14-33-28(39)26(25)27(35-38)34-23-9-10-24(20(2)17-23)29(40)37-18-21(3)42-22(4)19-37/h9-10,17,21-22,25-27,34-35H,8,11-16,18-19H2,1-7H3,(H,33,39)/t21-,22-,25?,26?,27?/m0/s1. The lowest BCUT2D eigenvalue weighted by Crippen LogP contribution is -2.62. The van der Waals surface area contributed by atoms with Crippen molar-refractivity contribution in [3.8, 4) is 0 Å². The number of carbonyl (C=O) groups excluding carboxylic acids is 3. The Morgan fingerprint density at radius 1 is 1.12 bits per heavy atom. The Morgan fingerprint density at radius 3 is 2.40 bits per heavy atom. The molecule has 0 radical (unpaired) electrons. The summed E-state index contributed by atoms with van der Waals surface area (Å²) < 4.78 is 11.4. The Labute approximate surface area is 256 Å². The molecule has 4 fully saturated rings. The second kappa shape index (κ2) is 12.2. The van der Waals surface area contributed by atoms with Crippen LogP contribution in [0.5, 0.6) is 0 Å². The van der Waals surface area contributed by atoms with Crippen molar-refractivity contribution in [3.63, 3.8) is 0 Å². The molecule has 4 saturated heterocycles. The van der Waals surface area contributed by atoms with Crippen molar-refractivity contribution in [3.05, 3.63) is 29.3 Å². The van der Waals surface area contributed by atoms with Crippen molar-refractivity contribution in [2.75, 3.05) is 38.0 Å². The number of anilines is 1. The molecule has 0 bridgehead atoms. The van der Waals surface area contributed by atoms with Crippen LogP contribution in [-0.2, 0) is 14.3 Å². The van der Waals surface area contributed by atoms with Crippen LogP contribution in [0, 0.1) is 12.8 Å². The molecule has 4 aliphatic heterocycles. The van der Waals surface area contributed by atoms with E-state index in [2.05, 4.69) is 28.0 Å². The SMILES string of the molecule is CCC1(N2NC(Nc3ccc(C(=O)N4C[C@H](C)O[C@@H](C)C4)c(C)c3)C3C(=O)NCCC32)CCN(C(=O)OC(C)(C)C)CC1. The van der Waals surface area contributed by atoms with Crippen LogP contribution in [0.3, 0.4) is 0 Å². The summed E-state index contributed by atoms with van der Waals surface area (Å²) >= 11 is 0. The molecular formula is C32H50N6O5. The highest BCUT2D eigenvalue weighted by Gasteiger charge is 2.54. The minimum atomic E-state index is -0.530. The third-order valence-corrected chi connectivity index (χ3v) is 9.43. The van der Waals surface area contributed by atoms with Gasteiger partial charge in [-0.2, -0.15) is 0 Å². The predicted octanol–water partition coefficient (Wildman–Crippen LogP) is 3.49. The van der Waals surface area contributed by atoms with Crippen LogP contribution >= 0.6 is 0 Å². The fourth-order valence-electron chi connectivity index (χ4n) is 7.30. The predicted molar refractivity (Wildman–Crippen MR) is 164 cm³/mol. The van der Waals surface area contributed by atoms with Crippen LogP contribution in [0.4, 0.5) is 10.5 Å². The Kier molecular flexibility index (Phi) is 8.98. The van der Waals surface area contributed by atoms with Crippen LogP contribution in [0.1, 0.15) is 83.1 Å². The quantitative estimate of drug-likeness (QED) is 0.472. The smallest absolute Gasteiger partial charge is 0.410 e. The average Bonchev–Trinajstić information content (AvgIpc) is 3.31. The number of morpholine rings is 1. The first kappa shape index (κ1) is 31.5. The van der Waals surface area contributed by atoms with Gasteiger partial charge < -0.3 is 29.9 Å². The molecular weight excluding hydrogens is 548 g/mol. The summed E-state index contributed by atoms with van der Waals surface area (Å²) in [5.41, 5.74) is 5.43. The summed E-state index contributed by atoms with van der Waals surface area (Å²) in [4.78, 5) is 43.1. The molecule has 0 spiro atoms. The van der Waals surface area contributed by atoms with Gasteiger partial charge in [-0.15, -0.1) is 0 Å². The van der Waals surface area contributed by atoms with E-state index in [1.165, 1.54) is 0 Å². The zero-order valence-corrected chi connectivity index (χ0v) is 26.9. The van der Waals surface area contributed by atoms with Crippen LogP contribution in [0.2, 0.25) is 0 Å². The third-order valence-electron chi connectivity index (χ3n) is 9.43. The number of hydrogen-bond donors (Lipinski definition) is 3. The molecule has 238 valence electrons. The van der Waals surface area contributed by atoms with E-state index in [1.54, 1.807) is 4.90 Å². The van der Waals surface area contributed by atoms with Crippen molar-refractivity contribution in [2.45, 2.75) is 110 Å². The fraction of sp³-hybridized carbons (Fsp3) is 0.719. The molecule has 11 heteroatoms. The van der Waals surface area contributed by atoms with Gasteiger partial charge in [-0.1, -0.05) is 6.92 Å². The Balaban J connectivity index is 1.30. The average molecular weight is 599 g/mol. The number of aryl methyl sites for hydroxylation is 1. The number of nitrogens with one attached hydrogen (secondary N) is 3. The van der Waals surface area contributed by atoms with Crippen LogP contribution in [0.15, 0.2) is 18.2 Å². The second-order valence-corrected chi connectivity index (χ2v) is 13.8. The molecule has 5 atom stereocenters. The van der Waals surface area contributed by atoms with E-state index in [-0.39, 0.29) is 53.8 Å². The van der Waals surface area contributed by atoms with Gasteiger partial charge in [0.15, 0.2) is 0 Å². The second-order valence-electron chi connectivity index (χ2n) is 13.8. The number of carbonyl (C=O) groups is 3. The number of hydrogen-bond acceptors (Lipinski definition) is 8. The number of nitrogens with zero attached hydrogens (tertiary/aromatic N) is 3. The lowest BCUT2D eigenvalue weighted by Gasteiger charge is -2.49. The van der Waals surface area contributed by atoms with E-state index in [1.807, 2.05) is 64.6 Å². The molecule has 43 heavy (non-hydrogen) atoms. The first-order chi connectivity index (χ1) is 20.3. The monoisotopic (exact) mass is 598 g/mol. The van der Waals surface area contributed by atoms with E-state index in [0.29, 0.717) is 38.3 Å². The molecule has 1 aromatic rings. The number of piperidine rings is 2. The zero-order valence-electron chi connectivity index (χ0n) is 26.9. The van der Waals surface area contributed by atoms with Gasteiger partial charge in [-0.3, -0.25) is 9.59 Å². The maximum atomic E-state index is 13.4. The minimum Gasteiger partial charge on any atom is -0.444 e. The van der Waals surface area contributed by atoms with E-state index in [0.717, 1.165) is 36.9 Å². The Morgan fingerprint density at radius 2 is 1.79 bits per heavy atom. The molecule has 0 saturated carbocycles. The minimum absolute atomic E-state index is 0.0101. The maximum absolute atomic E-state index is 13.4. The van der Waals surface area contributed by atoms with Gasteiger partial charge in [-0.25, -0.2) is 15.2 Å². The lowest BCUT2D eigenvalue weighted by atomic mass is 9.81. The van der Waals surface area contributed by atoms with Gasteiger partial charge in [-0.05, 0) is 91.0 Å². The topological polar surface area (TPSA) is 115 Å². The van der Waals surface area contributed by atoms with Crippen molar-refractivity contribution in [1.82, 2.24) is 25.6 Å². The molecule has 4 heterocycles. The van der Waals surface area contributed by atoms with Gasteiger partial charge in [0.05, 0.1) is 18.1 Å². The number of benzene rings is 1. The first-order valence-corrected chi connectivity index (χ1v) is 15.9. The Hall–Kier alpha value is -2.89. The number of amides is 3. The first-order valence-electron chi connectivity index (χ1n) is 15.9. The fourth-order valence-corrected chi connectivity index (χ4v) is 7.30. The van der Waals surface area contributed by atoms with E-state index < -0.39 is 5.60 Å². The maximum Gasteiger partial charge on any atom is 0.410 e. The Bertz CT molecular complexity index is 1200. The van der Waals surface area contributed by atoms with Crippen LogP contribution in [0.25, 0.3) is 0 Å². The summed E-state index contributed by atoms with van der Waals surface area (Å²) in [5, 5.41) is 9.00.